The second kappa shape index (κ2) is 10.4. The summed E-state index contributed by atoms with van der Waals surface area (Å²) < 4.78 is 57.9. The quantitative estimate of drug-likeness (QED) is 0.285. The molecule has 0 spiro atoms. The van der Waals surface area contributed by atoms with Gasteiger partial charge in [0.2, 0.25) is 5.91 Å². The maximum absolute atomic E-state index is 13.3. The van der Waals surface area contributed by atoms with Crippen LogP contribution in [0.2, 0.25) is 0 Å². The lowest BCUT2D eigenvalue weighted by atomic mass is 10.1. The van der Waals surface area contributed by atoms with Gasteiger partial charge in [-0.1, -0.05) is 23.9 Å². The average Bonchev–Trinajstić information content (AvgIpc) is 2.78. The lowest BCUT2D eigenvalue weighted by molar-refractivity contribution is -0.141. The third kappa shape index (κ3) is 6.68. The predicted molar refractivity (Wildman–Crippen MR) is 113 cm³/mol. The zero-order valence-corrected chi connectivity index (χ0v) is 17.8. The third-order valence-corrected chi connectivity index (χ3v) is 5.19. The number of nitrogens with one attached hydrogen (secondary N) is 1. The standard InChI is InChI=1S/C22H19F4N3O2S/c1-31-17-8-4-15(5-9-17)18-12-19(22(24,25)26)29-21(28-18)32-11-10-20(30)27-13-14-2-6-16(23)7-3-14/h2-9,12H,10-11,13H2,1H3,(H,27,30). The fourth-order valence-corrected chi connectivity index (χ4v) is 3.47. The molecule has 2 aromatic carbocycles. The molecule has 3 aromatic rings. The summed E-state index contributed by atoms with van der Waals surface area (Å²) in [6, 6.07) is 13.1. The minimum Gasteiger partial charge on any atom is -0.497 e. The molecule has 0 aliphatic heterocycles. The van der Waals surface area contributed by atoms with E-state index < -0.39 is 11.9 Å². The van der Waals surface area contributed by atoms with Crippen LogP contribution in [0, 0.1) is 5.82 Å². The smallest absolute Gasteiger partial charge is 0.433 e. The van der Waals surface area contributed by atoms with Crippen molar-refractivity contribution in [3.63, 3.8) is 0 Å². The molecule has 1 amide bonds. The Morgan fingerprint density at radius 2 is 1.75 bits per heavy atom. The van der Waals surface area contributed by atoms with Crippen molar-refractivity contribution in [1.29, 1.82) is 0 Å². The first-order valence-electron chi connectivity index (χ1n) is 9.49. The summed E-state index contributed by atoms with van der Waals surface area (Å²) in [5, 5.41) is 2.61. The third-order valence-electron chi connectivity index (χ3n) is 4.35. The molecule has 0 aliphatic rings. The highest BCUT2D eigenvalue weighted by Gasteiger charge is 2.33. The Morgan fingerprint density at radius 3 is 2.38 bits per heavy atom. The number of carbonyl (C=O) groups excluding carboxylic acids is 1. The molecular weight excluding hydrogens is 446 g/mol. The largest absolute Gasteiger partial charge is 0.497 e. The lowest BCUT2D eigenvalue weighted by Gasteiger charge is -2.11. The number of hydrogen-bond acceptors (Lipinski definition) is 5. The van der Waals surface area contributed by atoms with Gasteiger partial charge < -0.3 is 10.1 Å². The molecule has 0 fully saturated rings. The van der Waals surface area contributed by atoms with Gasteiger partial charge in [-0.15, -0.1) is 0 Å². The van der Waals surface area contributed by atoms with E-state index in [9.17, 15) is 22.4 Å². The van der Waals surface area contributed by atoms with Gasteiger partial charge in [0.25, 0.3) is 0 Å². The van der Waals surface area contributed by atoms with E-state index in [0.717, 1.165) is 23.4 Å². The Morgan fingerprint density at radius 1 is 1.06 bits per heavy atom. The van der Waals surface area contributed by atoms with Gasteiger partial charge in [0.15, 0.2) is 5.16 Å². The van der Waals surface area contributed by atoms with Crippen LogP contribution in [-0.2, 0) is 17.5 Å². The van der Waals surface area contributed by atoms with Crippen molar-refractivity contribution < 1.29 is 27.1 Å². The number of nitrogens with zero attached hydrogens (tertiary/aromatic N) is 2. The first-order chi connectivity index (χ1) is 15.2. The normalized spacial score (nSPS) is 11.3. The monoisotopic (exact) mass is 465 g/mol. The number of halogens is 4. The van der Waals surface area contributed by atoms with Crippen LogP contribution in [0.4, 0.5) is 17.6 Å². The van der Waals surface area contributed by atoms with E-state index in [1.807, 2.05) is 0 Å². The Balaban J connectivity index is 1.64. The number of hydrogen-bond donors (Lipinski definition) is 1. The summed E-state index contributed by atoms with van der Waals surface area (Å²) in [6.07, 6.45) is -4.57. The fourth-order valence-electron chi connectivity index (χ4n) is 2.67. The van der Waals surface area contributed by atoms with Crippen LogP contribution >= 0.6 is 11.8 Å². The zero-order chi connectivity index (χ0) is 23.1. The van der Waals surface area contributed by atoms with E-state index in [0.29, 0.717) is 11.3 Å². The second-order valence-corrected chi connectivity index (χ2v) is 7.71. The fraction of sp³-hybridized carbons (Fsp3) is 0.227. The van der Waals surface area contributed by atoms with E-state index in [-0.39, 0.29) is 41.3 Å². The molecule has 10 heteroatoms. The van der Waals surface area contributed by atoms with E-state index in [1.54, 1.807) is 36.4 Å². The van der Waals surface area contributed by atoms with Crippen LogP contribution in [0.25, 0.3) is 11.3 Å². The van der Waals surface area contributed by atoms with Crippen LogP contribution in [0.5, 0.6) is 5.75 Å². The van der Waals surface area contributed by atoms with Crippen molar-refractivity contribution in [3.8, 4) is 17.0 Å². The van der Waals surface area contributed by atoms with Gasteiger partial charge in [-0.25, -0.2) is 14.4 Å². The molecule has 1 N–H and O–H groups in total. The molecular formula is C22H19F4N3O2S. The van der Waals surface area contributed by atoms with Gasteiger partial charge in [-0.3, -0.25) is 4.79 Å². The van der Waals surface area contributed by atoms with E-state index in [2.05, 4.69) is 15.3 Å². The number of amides is 1. The highest BCUT2D eigenvalue weighted by molar-refractivity contribution is 7.99. The first-order valence-corrected chi connectivity index (χ1v) is 10.5. The number of ether oxygens (including phenoxy) is 1. The van der Waals surface area contributed by atoms with Gasteiger partial charge in [0, 0.05) is 24.3 Å². The summed E-state index contributed by atoms with van der Waals surface area (Å²) in [7, 11) is 1.49. The molecule has 168 valence electrons. The molecule has 3 rings (SSSR count). The average molecular weight is 465 g/mol. The first kappa shape index (κ1) is 23.5. The molecule has 0 unspecified atom stereocenters. The topological polar surface area (TPSA) is 64.1 Å². The van der Waals surface area contributed by atoms with E-state index in [1.165, 1.54) is 19.2 Å². The zero-order valence-electron chi connectivity index (χ0n) is 16.9. The van der Waals surface area contributed by atoms with Crippen molar-refractivity contribution in [3.05, 3.63) is 71.7 Å². The summed E-state index contributed by atoms with van der Waals surface area (Å²) in [4.78, 5) is 19.8. The number of thioether (sulfide) groups is 1. The number of methoxy groups -OCH3 is 1. The Hall–Kier alpha value is -3.14. The molecule has 0 atom stereocenters. The van der Waals surface area contributed by atoms with Crippen LogP contribution in [0.3, 0.4) is 0 Å². The molecule has 0 radical (unpaired) electrons. The molecule has 5 nitrogen and oxygen atoms in total. The molecule has 0 saturated carbocycles. The molecule has 32 heavy (non-hydrogen) atoms. The molecule has 1 aromatic heterocycles. The van der Waals surface area contributed by atoms with Crippen LogP contribution in [0.1, 0.15) is 17.7 Å². The SMILES string of the molecule is COc1ccc(-c2cc(C(F)(F)F)nc(SCCC(=O)NCc3ccc(F)cc3)n2)cc1. The minimum absolute atomic E-state index is 0.0589. The molecule has 0 bridgehead atoms. The van der Waals surface area contributed by atoms with Crippen molar-refractivity contribution >= 4 is 17.7 Å². The predicted octanol–water partition coefficient (Wildman–Crippen LogP) is 5.11. The Kier molecular flexibility index (Phi) is 7.68. The van der Waals surface area contributed by atoms with Crippen molar-refractivity contribution in [1.82, 2.24) is 15.3 Å². The molecule has 0 aliphatic carbocycles. The Bertz CT molecular complexity index is 1060. The molecule has 0 saturated heterocycles. The highest BCUT2D eigenvalue weighted by Crippen LogP contribution is 2.32. The summed E-state index contributed by atoms with van der Waals surface area (Å²) >= 11 is 0.962. The highest BCUT2D eigenvalue weighted by atomic mass is 32.2. The van der Waals surface area contributed by atoms with E-state index >= 15 is 0 Å². The summed E-state index contributed by atoms with van der Waals surface area (Å²) in [5.74, 6) is 0.106. The maximum atomic E-state index is 13.3. The maximum Gasteiger partial charge on any atom is 0.433 e. The van der Waals surface area contributed by atoms with Crippen LogP contribution in [0.15, 0.2) is 59.8 Å². The number of alkyl halides is 3. The Labute approximate surface area is 186 Å². The van der Waals surface area contributed by atoms with Crippen molar-refractivity contribution in [2.75, 3.05) is 12.9 Å². The number of benzene rings is 2. The number of carbonyl (C=O) groups is 1. The minimum atomic E-state index is -4.63. The van der Waals surface area contributed by atoms with Gasteiger partial charge in [0.1, 0.15) is 17.3 Å². The van der Waals surface area contributed by atoms with E-state index in [4.69, 9.17) is 4.74 Å². The van der Waals surface area contributed by atoms with Crippen LogP contribution in [-0.4, -0.2) is 28.7 Å². The lowest BCUT2D eigenvalue weighted by Crippen LogP contribution is -2.23. The van der Waals surface area contributed by atoms with Gasteiger partial charge in [0.05, 0.1) is 12.8 Å². The number of rotatable bonds is 8. The van der Waals surface area contributed by atoms with Gasteiger partial charge in [-0.05, 0) is 48.0 Å². The molecule has 1 heterocycles. The summed E-state index contributed by atoms with van der Waals surface area (Å²) in [5.41, 5.74) is 0.287. The van der Waals surface area contributed by atoms with Crippen molar-refractivity contribution in [2.24, 2.45) is 0 Å². The van der Waals surface area contributed by atoms with Gasteiger partial charge in [-0.2, -0.15) is 13.2 Å². The second-order valence-electron chi connectivity index (χ2n) is 6.65. The number of aromatic nitrogens is 2. The van der Waals surface area contributed by atoms with Gasteiger partial charge >= 0.3 is 6.18 Å². The van der Waals surface area contributed by atoms with Crippen molar-refractivity contribution in [2.45, 2.75) is 24.3 Å². The van der Waals surface area contributed by atoms with Crippen LogP contribution < -0.4 is 10.1 Å². The summed E-state index contributed by atoms with van der Waals surface area (Å²) in [6.45, 7) is 0.228.